The van der Waals surface area contributed by atoms with Gasteiger partial charge >= 0.3 is 0 Å². The van der Waals surface area contributed by atoms with Crippen molar-refractivity contribution in [2.75, 3.05) is 6.61 Å². The topological polar surface area (TPSA) is 9.23 Å². The van der Waals surface area contributed by atoms with Crippen LogP contribution in [0.3, 0.4) is 0 Å². The van der Waals surface area contributed by atoms with Crippen molar-refractivity contribution < 1.29 is 4.74 Å². The molecule has 0 N–H and O–H groups in total. The number of ether oxygens (including phenoxy) is 1. The van der Waals surface area contributed by atoms with Crippen molar-refractivity contribution in [2.24, 2.45) is 0 Å². The Morgan fingerprint density at radius 2 is 2.15 bits per heavy atom. The molecule has 1 rings (SSSR count). The van der Waals surface area contributed by atoms with E-state index in [9.17, 15) is 0 Å². The lowest BCUT2D eigenvalue weighted by Gasteiger charge is -2.10. The predicted octanol–water partition coefficient (Wildman–Crippen LogP) is 3.63. The highest BCUT2D eigenvalue weighted by Crippen LogP contribution is 2.29. The second-order valence-corrected chi connectivity index (χ2v) is 3.85. The molecule has 1 nitrogen and oxygen atoms in total. The Hall–Kier alpha value is -0.760. The van der Waals surface area contributed by atoms with E-state index in [1.54, 1.807) is 6.08 Å². The second kappa shape index (κ2) is 4.47. The van der Waals surface area contributed by atoms with Gasteiger partial charge in [0.05, 0.1) is 4.47 Å². The van der Waals surface area contributed by atoms with Gasteiger partial charge in [-0.3, -0.25) is 0 Å². The van der Waals surface area contributed by atoms with Gasteiger partial charge in [-0.05, 0) is 47.0 Å². The van der Waals surface area contributed by atoms with Gasteiger partial charge in [0, 0.05) is 0 Å². The highest BCUT2D eigenvalue weighted by Gasteiger charge is 2.04. The van der Waals surface area contributed by atoms with Crippen LogP contribution in [0.2, 0.25) is 0 Å². The maximum atomic E-state index is 5.51. The van der Waals surface area contributed by atoms with Gasteiger partial charge in [-0.25, -0.2) is 0 Å². The molecule has 0 spiro atoms. The van der Waals surface area contributed by atoms with Gasteiger partial charge < -0.3 is 4.74 Å². The average Bonchev–Trinajstić information content (AvgIpc) is 2.02. The molecule has 0 aliphatic carbocycles. The van der Waals surface area contributed by atoms with Gasteiger partial charge in [-0.15, -0.1) is 0 Å². The SMILES string of the molecule is C=CCOc1c(C)cc(C)cc1Br. The average molecular weight is 241 g/mol. The summed E-state index contributed by atoms with van der Waals surface area (Å²) in [5, 5.41) is 0. The van der Waals surface area contributed by atoms with Crippen molar-refractivity contribution in [3.63, 3.8) is 0 Å². The van der Waals surface area contributed by atoms with E-state index in [1.807, 2.05) is 13.0 Å². The fourth-order valence-corrected chi connectivity index (χ4v) is 2.02. The Labute approximate surface area is 87.5 Å². The lowest BCUT2D eigenvalue weighted by Crippen LogP contribution is -1.96. The zero-order valence-corrected chi connectivity index (χ0v) is 9.52. The molecule has 0 saturated heterocycles. The molecule has 0 aliphatic heterocycles. The first-order chi connectivity index (χ1) is 6.15. The van der Waals surface area contributed by atoms with Gasteiger partial charge in [0.15, 0.2) is 0 Å². The zero-order chi connectivity index (χ0) is 9.84. The maximum absolute atomic E-state index is 5.51. The summed E-state index contributed by atoms with van der Waals surface area (Å²) in [4.78, 5) is 0. The molecule has 0 radical (unpaired) electrons. The van der Waals surface area contributed by atoms with Crippen molar-refractivity contribution in [1.29, 1.82) is 0 Å². The number of rotatable bonds is 3. The van der Waals surface area contributed by atoms with Crippen LogP contribution in [0.1, 0.15) is 11.1 Å². The lowest BCUT2D eigenvalue weighted by atomic mass is 10.1. The van der Waals surface area contributed by atoms with E-state index in [2.05, 4.69) is 35.5 Å². The maximum Gasteiger partial charge on any atom is 0.136 e. The predicted molar refractivity (Wildman–Crippen MR) is 59.3 cm³/mol. The van der Waals surface area contributed by atoms with Crippen molar-refractivity contribution in [3.8, 4) is 5.75 Å². The van der Waals surface area contributed by atoms with Crippen LogP contribution in [-0.2, 0) is 0 Å². The van der Waals surface area contributed by atoms with Crippen LogP contribution in [0, 0.1) is 13.8 Å². The fourth-order valence-electron chi connectivity index (χ4n) is 1.23. The fraction of sp³-hybridized carbons (Fsp3) is 0.273. The summed E-state index contributed by atoms with van der Waals surface area (Å²) in [6.45, 7) is 8.26. The molecule has 0 atom stereocenters. The number of aryl methyl sites for hydroxylation is 2. The Morgan fingerprint density at radius 3 is 2.69 bits per heavy atom. The summed E-state index contributed by atoms with van der Waals surface area (Å²) in [6.07, 6.45) is 1.74. The Kier molecular flexibility index (Phi) is 3.55. The monoisotopic (exact) mass is 240 g/mol. The molecule has 0 aromatic heterocycles. The summed E-state index contributed by atoms with van der Waals surface area (Å²) in [6, 6.07) is 4.15. The second-order valence-electron chi connectivity index (χ2n) is 2.99. The van der Waals surface area contributed by atoms with Gasteiger partial charge in [0.25, 0.3) is 0 Å². The Bertz CT molecular complexity index is 295. The van der Waals surface area contributed by atoms with Crippen LogP contribution in [0.15, 0.2) is 29.3 Å². The van der Waals surface area contributed by atoms with Gasteiger partial charge in [-0.1, -0.05) is 18.7 Å². The van der Waals surface area contributed by atoms with Crippen LogP contribution in [0.4, 0.5) is 0 Å². The summed E-state index contributed by atoms with van der Waals surface area (Å²) in [5.41, 5.74) is 2.38. The molecule has 1 aromatic rings. The number of hydrogen-bond donors (Lipinski definition) is 0. The molecule has 1 aromatic carbocycles. The molecule has 70 valence electrons. The van der Waals surface area contributed by atoms with E-state index in [0.29, 0.717) is 6.61 Å². The van der Waals surface area contributed by atoms with Crippen LogP contribution in [-0.4, -0.2) is 6.61 Å². The molecular formula is C11H13BrO. The molecular weight excluding hydrogens is 228 g/mol. The highest BCUT2D eigenvalue weighted by molar-refractivity contribution is 9.10. The van der Waals surface area contributed by atoms with Crippen LogP contribution in [0.25, 0.3) is 0 Å². The smallest absolute Gasteiger partial charge is 0.136 e. The van der Waals surface area contributed by atoms with E-state index < -0.39 is 0 Å². The highest BCUT2D eigenvalue weighted by atomic mass is 79.9. The first kappa shape index (κ1) is 10.3. The molecule has 2 heteroatoms. The van der Waals surface area contributed by atoms with Gasteiger partial charge in [0.1, 0.15) is 12.4 Å². The van der Waals surface area contributed by atoms with Gasteiger partial charge in [-0.2, -0.15) is 0 Å². The third-order valence-corrected chi connectivity index (χ3v) is 2.31. The summed E-state index contributed by atoms with van der Waals surface area (Å²) < 4.78 is 6.51. The normalized spacial score (nSPS) is 9.77. The number of benzene rings is 1. The molecule has 0 aliphatic rings. The molecule has 0 amide bonds. The van der Waals surface area contributed by atoms with Crippen LogP contribution in [0.5, 0.6) is 5.75 Å². The quantitative estimate of drug-likeness (QED) is 0.734. The largest absolute Gasteiger partial charge is 0.488 e. The van der Waals surface area contributed by atoms with E-state index in [0.717, 1.165) is 15.8 Å². The zero-order valence-electron chi connectivity index (χ0n) is 7.93. The Balaban J connectivity index is 2.98. The Morgan fingerprint density at radius 1 is 1.46 bits per heavy atom. The van der Waals surface area contributed by atoms with Gasteiger partial charge in [0.2, 0.25) is 0 Å². The van der Waals surface area contributed by atoms with Crippen molar-refractivity contribution >= 4 is 15.9 Å². The molecule has 0 heterocycles. The van der Waals surface area contributed by atoms with Crippen molar-refractivity contribution in [1.82, 2.24) is 0 Å². The first-order valence-electron chi connectivity index (χ1n) is 4.15. The molecule has 0 fully saturated rings. The molecule has 0 unspecified atom stereocenters. The van der Waals surface area contributed by atoms with E-state index >= 15 is 0 Å². The molecule has 0 bridgehead atoms. The number of hydrogen-bond acceptors (Lipinski definition) is 1. The van der Waals surface area contributed by atoms with Crippen LogP contribution >= 0.6 is 15.9 Å². The summed E-state index contributed by atoms with van der Waals surface area (Å²) in [5.74, 6) is 0.908. The van der Waals surface area contributed by atoms with E-state index in [-0.39, 0.29) is 0 Å². The van der Waals surface area contributed by atoms with Crippen LogP contribution < -0.4 is 4.74 Å². The minimum Gasteiger partial charge on any atom is -0.488 e. The number of halogens is 1. The third-order valence-electron chi connectivity index (χ3n) is 1.72. The first-order valence-corrected chi connectivity index (χ1v) is 4.95. The third kappa shape index (κ3) is 2.59. The lowest BCUT2D eigenvalue weighted by molar-refractivity contribution is 0.358. The standard InChI is InChI=1S/C11H13BrO/c1-4-5-13-11-9(3)6-8(2)7-10(11)12/h4,6-7H,1,5H2,2-3H3. The van der Waals surface area contributed by atoms with E-state index in [4.69, 9.17) is 4.74 Å². The minimum absolute atomic E-state index is 0.544. The van der Waals surface area contributed by atoms with E-state index in [1.165, 1.54) is 5.56 Å². The molecule has 0 saturated carbocycles. The summed E-state index contributed by atoms with van der Waals surface area (Å²) in [7, 11) is 0. The van der Waals surface area contributed by atoms with Crippen molar-refractivity contribution in [2.45, 2.75) is 13.8 Å². The molecule has 13 heavy (non-hydrogen) atoms. The summed E-state index contributed by atoms with van der Waals surface area (Å²) >= 11 is 3.47. The van der Waals surface area contributed by atoms with Crippen molar-refractivity contribution in [3.05, 3.63) is 40.4 Å². The minimum atomic E-state index is 0.544.